The van der Waals surface area contributed by atoms with Crippen molar-refractivity contribution in [3.8, 4) is 0 Å². The fraction of sp³-hybridized carbons (Fsp3) is 0.875. The van der Waals surface area contributed by atoms with Gasteiger partial charge in [0, 0.05) is 30.8 Å². The fourth-order valence-corrected chi connectivity index (χ4v) is 0.953. The third-order valence-corrected chi connectivity index (χ3v) is 1.75. The zero-order valence-electron chi connectivity index (χ0n) is 7.79. The van der Waals surface area contributed by atoms with E-state index in [1.54, 1.807) is 0 Å². The molecule has 0 amide bonds. The number of hydrogen-bond donors (Lipinski definition) is 1. The van der Waals surface area contributed by atoms with Crippen LogP contribution in [-0.2, 0) is 27.2 Å². The summed E-state index contributed by atoms with van der Waals surface area (Å²) < 4.78 is 0. The number of aliphatic carboxylic acids is 1. The Balaban J connectivity index is -0.000000405. The Hall–Kier alpha value is 0.275. The maximum Gasteiger partial charge on any atom is 0.306 e. The van der Waals surface area contributed by atoms with Gasteiger partial charge in [-0.15, -0.1) is 0 Å². The van der Waals surface area contributed by atoms with Crippen molar-refractivity contribution in [3.05, 3.63) is 0 Å². The van der Waals surface area contributed by atoms with Crippen LogP contribution >= 0.6 is 0 Å². The van der Waals surface area contributed by atoms with Gasteiger partial charge >= 0.3 is 5.97 Å². The van der Waals surface area contributed by atoms with Gasteiger partial charge in [0.1, 0.15) is 0 Å². The topological polar surface area (TPSA) is 37.3 Å². The molecular formula is C8H16BNbO2. The maximum absolute atomic E-state index is 10.4. The van der Waals surface area contributed by atoms with Gasteiger partial charge in [-0.05, 0) is 12.8 Å². The second-order valence-electron chi connectivity index (χ2n) is 2.59. The van der Waals surface area contributed by atoms with Crippen LogP contribution in [0.5, 0.6) is 0 Å². The Morgan fingerprint density at radius 1 is 1.42 bits per heavy atom. The third kappa shape index (κ3) is 8.37. The van der Waals surface area contributed by atoms with Gasteiger partial charge < -0.3 is 5.11 Å². The molecule has 0 spiro atoms. The maximum atomic E-state index is 10.4. The fourth-order valence-electron chi connectivity index (χ4n) is 0.953. The molecule has 0 bridgehead atoms. The van der Waals surface area contributed by atoms with Crippen LogP contribution in [0.25, 0.3) is 0 Å². The molecule has 12 heavy (non-hydrogen) atoms. The Kier molecular flexibility index (Phi) is 17.0. The summed E-state index contributed by atoms with van der Waals surface area (Å²) in [4.78, 5) is 10.4. The molecule has 2 nitrogen and oxygen atoms in total. The van der Waals surface area contributed by atoms with E-state index in [2.05, 4.69) is 6.92 Å². The van der Waals surface area contributed by atoms with Crippen molar-refractivity contribution in [1.29, 1.82) is 0 Å². The van der Waals surface area contributed by atoms with Crippen LogP contribution in [0.4, 0.5) is 0 Å². The minimum Gasteiger partial charge on any atom is -0.481 e. The first-order valence-electron chi connectivity index (χ1n) is 3.95. The van der Waals surface area contributed by atoms with Crippen LogP contribution in [0.15, 0.2) is 0 Å². The van der Waals surface area contributed by atoms with Gasteiger partial charge in [0.15, 0.2) is 0 Å². The molecule has 4 heteroatoms. The summed E-state index contributed by atoms with van der Waals surface area (Å²) >= 11 is 0. The number of rotatable bonds is 5. The molecule has 0 aliphatic carbocycles. The van der Waals surface area contributed by atoms with Gasteiger partial charge in [0.25, 0.3) is 0 Å². The summed E-state index contributed by atoms with van der Waals surface area (Å²) in [5, 5.41) is 8.60. The molecule has 0 aliphatic heterocycles. The van der Waals surface area contributed by atoms with Crippen molar-refractivity contribution in [2.45, 2.75) is 39.5 Å². The Labute approximate surface area is 92.2 Å². The number of carboxylic acid groups (broad SMARTS) is 1. The van der Waals surface area contributed by atoms with Crippen molar-refractivity contribution >= 4 is 14.4 Å². The SMILES string of the molecule is CCCCC(CC)C(=O)O.[B].[Nb]. The monoisotopic (exact) mass is 248 g/mol. The summed E-state index contributed by atoms with van der Waals surface area (Å²) in [7, 11) is 0. The Bertz CT molecular complexity index is 109. The second kappa shape index (κ2) is 11.3. The molecule has 0 aliphatic rings. The van der Waals surface area contributed by atoms with Gasteiger partial charge in [-0.1, -0.05) is 26.7 Å². The summed E-state index contributed by atoms with van der Waals surface area (Å²) in [6.45, 7) is 4.00. The molecule has 1 unspecified atom stereocenters. The van der Waals surface area contributed by atoms with Gasteiger partial charge in [-0.2, -0.15) is 0 Å². The quantitative estimate of drug-likeness (QED) is 0.754. The van der Waals surface area contributed by atoms with Crippen molar-refractivity contribution in [2.24, 2.45) is 5.92 Å². The van der Waals surface area contributed by atoms with Crippen molar-refractivity contribution in [2.75, 3.05) is 0 Å². The molecule has 0 aromatic carbocycles. The standard InChI is InChI=1S/C8H16O2.B.Nb/c1-3-5-6-7(4-2)8(9)10;;/h7H,3-6H2,1-2H3,(H,9,10);;. The van der Waals surface area contributed by atoms with Gasteiger partial charge in [0.2, 0.25) is 0 Å². The predicted octanol–water partition coefficient (Wildman–Crippen LogP) is 1.90. The molecule has 68 valence electrons. The molecule has 1 N–H and O–H groups in total. The number of carbonyl (C=O) groups is 1. The summed E-state index contributed by atoms with van der Waals surface area (Å²) in [6, 6.07) is 0. The van der Waals surface area contributed by atoms with Crippen LogP contribution in [0, 0.1) is 5.92 Å². The van der Waals surface area contributed by atoms with E-state index in [-0.39, 0.29) is 36.7 Å². The van der Waals surface area contributed by atoms with E-state index >= 15 is 0 Å². The molecule has 4 radical (unpaired) electrons. The first-order valence-corrected chi connectivity index (χ1v) is 3.95. The van der Waals surface area contributed by atoms with Crippen LogP contribution in [-0.4, -0.2) is 19.5 Å². The van der Waals surface area contributed by atoms with Crippen molar-refractivity contribution in [1.82, 2.24) is 0 Å². The van der Waals surface area contributed by atoms with Crippen LogP contribution < -0.4 is 0 Å². The van der Waals surface area contributed by atoms with E-state index < -0.39 is 5.97 Å². The molecule has 0 aromatic heterocycles. The molecule has 0 rings (SSSR count). The van der Waals surface area contributed by atoms with E-state index in [0.717, 1.165) is 25.7 Å². The smallest absolute Gasteiger partial charge is 0.306 e. The average Bonchev–Trinajstić information content (AvgIpc) is 1.89. The molecular weight excluding hydrogens is 232 g/mol. The summed E-state index contributed by atoms with van der Waals surface area (Å²) in [5.74, 6) is -0.754. The molecule has 0 aromatic rings. The van der Waals surface area contributed by atoms with E-state index in [0.29, 0.717) is 0 Å². The first-order chi connectivity index (χ1) is 4.72. The number of unbranched alkanes of at least 4 members (excludes halogenated alkanes) is 1. The Morgan fingerprint density at radius 3 is 2.17 bits per heavy atom. The largest absolute Gasteiger partial charge is 0.481 e. The van der Waals surface area contributed by atoms with E-state index in [1.807, 2.05) is 6.92 Å². The van der Waals surface area contributed by atoms with Crippen LogP contribution in [0.1, 0.15) is 39.5 Å². The molecule has 1 atom stereocenters. The minimum atomic E-state index is -0.643. The molecule has 0 saturated carbocycles. The van der Waals surface area contributed by atoms with E-state index in [4.69, 9.17) is 5.11 Å². The zero-order valence-corrected chi connectivity index (χ0v) is 9.98. The number of carboxylic acids is 1. The number of hydrogen-bond acceptors (Lipinski definition) is 1. The third-order valence-electron chi connectivity index (χ3n) is 1.75. The van der Waals surface area contributed by atoms with Crippen LogP contribution in [0.2, 0.25) is 0 Å². The molecule has 0 fully saturated rings. The molecule has 0 heterocycles. The van der Waals surface area contributed by atoms with E-state index in [1.165, 1.54) is 0 Å². The van der Waals surface area contributed by atoms with Gasteiger partial charge in [0.05, 0.1) is 5.92 Å². The predicted molar refractivity (Wildman–Crippen MR) is 46.7 cm³/mol. The normalized spacial score (nSPS) is 10.8. The Morgan fingerprint density at radius 2 is 1.92 bits per heavy atom. The van der Waals surface area contributed by atoms with Crippen molar-refractivity contribution < 1.29 is 32.3 Å². The summed E-state index contributed by atoms with van der Waals surface area (Å²) in [6.07, 6.45) is 3.71. The summed E-state index contributed by atoms with van der Waals surface area (Å²) in [5.41, 5.74) is 0. The van der Waals surface area contributed by atoms with Gasteiger partial charge in [-0.3, -0.25) is 4.79 Å². The van der Waals surface area contributed by atoms with Gasteiger partial charge in [-0.25, -0.2) is 0 Å². The van der Waals surface area contributed by atoms with E-state index in [9.17, 15) is 4.79 Å². The average molecular weight is 248 g/mol. The second-order valence-corrected chi connectivity index (χ2v) is 2.59. The first kappa shape index (κ1) is 18.1. The van der Waals surface area contributed by atoms with Crippen LogP contribution in [0.3, 0.4) is 0 Å². The zero-order chi connectivity index (χ0) is 7.98. The van der Waals surface area contributed by atoms with Crippen molar-refractivity contribution in [3.63, 3.8) is 0 Å². The minimum absolute atomic E-state index is 0. The molecule has 0 saturated heterocycles.